The summed E-state index contributed by atoms with van der Waals surface area (Å²) >= 11 is 0. The van der Waals surface area contributed by atoms with Gasteiger partial charge in [-0.15, -0.1) is 0 Å². The average Bonchev–Trinajstić information content (AvgIpc) is 2.89. The van der Waals surface area contributed by atoms with Crippen LogP contribution >= 0.6 is 0 Å². The Hall–Kier alpha value is -2.36. The molecular formula is C30H36O4. The van der Waals surface area contributed by atoms with E-state index in [0.717, 1.165) is 44.6 Å². The molecule has 0 radical (unpaired) electrons. The first-order valence-electron chi connectivity index (χ1n) is 12.7. The molecule has 6 atom stereocenters. The highest BCUT2D eigenvalue weighted by molar-refractivity contribution is 6.15. The molecule has 4 nitrogen and oxygen atoms in total. The van der Waals surface area contributed by atoms with Gasteiger partial charge < -0.3 is 0 Å². The van der Waals surface area contributed by atoms with Crippen molar-refractivity contribution in [2.24, 2.45) is 34.5 Å². The van der Waals surface area contributed by atoms with E-state index in [-0.39, 0.29) is 46.8 Å². The normalized spacial score (nSPS) is 39.4. The molecule has 0 aromatic carbocycles. The molecule has 0 spiro atoms. The summed E-state index contributed by atoms with van der Waals surface area (Å²) in [5, 5.41) is 0. The number of allylic oxidation sites excluding steroid dienone is 8. The van der Waals surface area contributed by atoms with E-state index in [1.165, 1.54) is 0 Å². The molecule has 0 unspecified atom stereocenters. The lowest BCUT2D eigenvalue weighted by Gasteiger charge is -2.63. The van der Waals surface area contributed by atoms with E-state index in [1.54, 1.807) is 0 Å². The molecule has 1 fully saturated rings. The van der Waals surface area contributed by atoms with Gasteiger partial charge >= 0.3 is 0 Å². The van der Waals surface area contributed by atoms with Gasteiger partial charge in [-0.2, -0.15) is 0 Å². The molecule has 1 saturated carbocycles. The third-order valence-electron chi connectivity index (χ3n) is 10.2. The van der Waals surface area contributed by atoms with Crippen molar-refractivity contribution >= 4 is 23.1 Å². The van der Waals surface area contributed by atoms with Gasteiger partial charge in [0, 0.05) is 35.5 Å². The number of fused-ring (bicyclic) bond motifs is 6. The Balaban J connectivity index is 1.73. The molecular weight excluding hydrogens is 424 g/mol. The number of hydrogen-bond acceptors (Lipinski definition) is 4. The number of carbonyl (C=O) groups is 4. The molecule has 4 heteroatoms. The van der Waals surface area contributed by atoms with Crippen molar-refractivity contribution in [2.45, 2.75) is 81.1 Å². The predicted molar refractivity (Wildman–Crippen MR) is 131 cm³/mol. The van der Waals surface area contributed by atoms with E-state index >= 15 is 0 Å². The lowest BCUT2D eigenvalue weighted by Crippen LogP contribution is -2.64. The second-order valence-electron chi connectivity index (χ2n) is 12.2. The molecule has 180 valence electrons. The summed E-state index contributed by atoms with van der Waals surface area (Å²) in [6.07, 6.45) is 1.71. The maximum absolute atomic E-state index is 13.9. The fourth-order valence-electron chi connectivity index (χ4n) is 8.34. The van der Waals surface area contributed by atoms with Gasteiger partial charge in [0.1, 0.15) is 0 Å². The molecule has 34 heavy (non-hydrogen) atoms. The Bertz CT molecular complexity index is 1130. The molecule has 0 N–H and O–H groups in total. The fraction of sp³-hybridized carbons (Fsp3) is 0.600. The van der Waals surface area contributed by atoms with Crippen molar-refractivity contribution in [1.29, 1.82) is 0 Å². The van der Waals surface area contributed by atoms with Gasteiger partial charge in [0.25, 0.3) is 0 Å². The van der Waals surface area contributed by atoms with Crippen molar-refractivity contribution in [3.05, 3.63) is 44.6 Å². The summed E-state index contributed by atoms with van der Waals surface area (Å²) in [6, 6.07) is 0. The van der Waals surface area contributed by atoms with E-state index < -0.39 is 10.8 Å². The Morgan fingerprint density at radius 1 is 0.647 bits per heavy atom. The Labute approximate surface area is 202 Å². The van der Waals surface area contributed by atoms with Gasteiger partial charge in [-0.1, -0.05) is 50.0 Å². The lowest BCUT2D eigenvalue weighted by atomic mass is 9.37. The highest BCUT2D eigenvalue weighted by Gasteiger charge is 2.79. The fourth-order valence-corrected chi connectivity index (χ4v) is 8.34. The molecule has 5 rings (SSSR count). The monoisotopic (exact) mass is 460 g/mol. The first-order chi connectivity index (χ1) is 15.8. The molecule has 5 aliphatic rings. The zero-order chi connectivity index (χ0) is 25.1. The molecule has 0 heterocycles. The maximum atomic E-state index is 13.9. The van der Waals surface area contributed by atoms with E-state index in [4.69, 9.17) is 0 Å². The van der Waals surface area contributed by atoms with Gasteiger partial charge in [0.2, 0.25) is 0 Å². The molecule has 0 aromatic rings. The molecule has 0 aliphatic heterocycles. The third kappa shape index (κ3) is 2.50. The Kier molecular flexibility index (Phi) is 4.87. The number of Topliss-reactive ketones (excluding diaryl/α,β-unsaturated/α-hetero) is 4. The third-order valence-corrected chi connectivity index (χ3v) is 10.2. The number of ketones is 4. The van der Waals surface area contributed by atoms with Crippen LogP contribution in [0.2, 0.25) is 0 Å². The summed E-state index contributed by atoms with van der Waals surface area (Å²) in [6.45, 7) is 16.2. The van der Waals surface area contributed by atoms with Crippen molar-refractivity contribution in [2.75, 3.05) is 0 Å². The van der Waals surface area contributed by atoms with E-state index in [9.17, 15) is 19.2 Å². The largest absolute Gasteiger partial charge is 0.295 e. The van der Waals surface area contributed by atoms with Crippen LogP contribution in [0.5, 0.6) is 0 Å². The molecule has 0 saturated heterocycles. The summed E-state index contributed by atoms with van der Waals surface area (Å²) in [7, 11) is 0. The van der Waals surface area contributed by atoms with Gasteiger partial charge in [-0.05, 0) is 74.7 Å². The SMILES string of the molecule is CC(C)=C1CC2=C(C(=O)[C@@H]3[C@H]4C(=O)C5=C(CC(=C(C)C)C(=O)C[C@@H]5C)[C@@]4(C)[C@]23C)[C@@H](C)CC1=O. The lowest BCUT2D eigenvalue weighted by molar-refractivity contribution is -0.163. The minimum atomic E-state index is -0.504. The van der Waals surface area contributed by atoms with E-state index in [0.29, 0.717) is 25.7 Å². The van der Waals surface area contributed by atoms with Crippen LogP contribution in [0.3, 0.4) is 0 Å². The van der Waals surface area contributed by atoms with Crippen LogP contribution in [0.25, 0.3) is 0 Å². The van der Waals surface area contributed by atoms with Crippen LogP contribution in [-0.4, -0.2) is 23.1 Å². The van der Waals surface area contributed by atoms with Crippen LogP contribution < -0.4 is 0 Å². The van der Waals surface area contributed by atoms with E-state index in [2.05, 4.69) is 13.8 Å². The summed E-state index contributed by atoms with van der Waals surface area (Å²) < 4.78 is 0. The average molecular weight is 461 g/mol. The smallest absolute Gasteiger partial charge is 0.163 e. The first-order valence-corrected chi connectivity index (χ1v) is 12.7. The van der Waals surface area contributed by atoms with Gasteiger partial charge in [0.05, 0.1) is 0 Å². The Morgan fingerprint density at radius 3 is 1.26 bits per heavy atom. The summed E-state index contributed by atoms with van der Waals surface area (Å²) in [5.41, 5.74) is 6.44. The number of hydrogen-bond donors (Lipinski definition) is 0. The van der Waals surface area contributed by atoms with E-state index in [1.807, 2.05) is 41.5 Å². The number of carbonyl (C=O) groups excluding carboxylic acids is 4. The Morgan fingerprint density at radius 2 is 0.971 bits per heavy atom. The summed E-state index contributed by atoms with van der Waals surface area (Å²) in [5.74, 6) is -0.518. The molecule has 0 amide bonds. The minimum Gasteiger partial charge on any atom is -0.295 e. The minimum absolute atomic E-state index is 0.0902. The zero-order valence-corrected chi connectivity index (χ0v) is 21.8. The molecule has 0 bridgehead atoms. The summed E-state index contributed by atoms with van der Waals surface area (Å²) in [4.78, 5) is 54.0. The maximum Gasteiger partial charge on any atom is 0.163 e. The second-order valence-corrected chi connectivity index (χ2v) is 12.2. The van der Waals surface area contributed by atoms with Crippen LogP contribution in [0, 0.1) is 34.5 Å². The highest BCUT2D eigenvalue weighted by atomic mass is 16.1. The van der Waals surface area contributed by atoms with Gasteiger partial charge in [0.15, 0.2) is 23.1 Å². The molecule has 5 aliphatic carbocycles. The second kappa shape index (κ2) is 7.08. The van der Waals surface area contributed by atoms with Gasteiger partial charge in [-0.3, -0.25) is 19.2 Å². The number of rotatable bonds is 0. The topological polar surface area (TPSA) is 68.3 Å². The zero-order valence-electron chi connectivity index (χ0n) is 21.8. The van der Waals surface area contributed by atoms with Crippen LogP contribution in [0.15, 0.2) is 44.6 Å². The van der Waals surface area contributed by atoms with Crippen molar-refractivity contribution in [3.63, 3.8) is 0 Å². The van der Waals surface area contributed by atoms with Crippen LogP contribution in [-0.2, 0) is 19.2 Å². The standard InChI is InChI=1S/C30H36O4/c1-13(2)17-11-19-23(15(5)9-21(17)31)27(33)25-26-28(34)24-16(6)10-22(32)18(14(3)4)12-20(24)30(26,8)29(19,25)7/h15-16,25-26H,9-12H2,1-8H3/t15-,16-,25-,26-,29+,30+/m0/s1. The van der Waals surface area contributed by atoms with Gasteiger partial charge in [-0.25, -0.2) is 0 Å². The highest BCUT2D eigenvalue weighted by Crippen LogP contribution is 2.79. The van der Waals surface area contributed by atoms with Crippen molar-refractivity contribution in [1.82, 2.24) is 0 Å². The van der Waals surface area contributed by atoms with Crippen molar-refractivity contribution < 1.29 is 19.2 Å². The van der Waals surface area contributed by atoms with Crippen LogP contribution in [0.1, 0.15) is 81.1 Å². The quantitative estimate of drug-likeness (QED) is 0.437. The predicted octanol–water partition coefficient (Wildman–Crippen LogP) is 5.67. The van der Waals surface area contributed by atoms with Crippen molar-refractivity contribution in [3.8, 4) is 0 Å². The first kappa shape index (κ1) is 23.4. The molecule has 0 aromatic heterocycles. The van der Waals surface area contributed by atoms with Crippen LogP contribution in [0.4, 0.5) is 0 Å².